The zero-order valence-corrected chi connectivity index (χ0v) is 16.0. The van der Waals surface area contributed by atoms with E-state index in [-0.39, 0.29) is 11.1 Å². The number of nitrogens with two attached hydrogens (primary N) is 1. The zero-order chi connectivity index (χ0) is 18.8. The van der Waals surface area contributed by atoms with Crippen molar-refractivity contribution in [2.75, 3.05) is 16.4 Å². The van der Waals surface area contributed by atoms with Crippen LogP contribution in [0.5, 0.6) is 0 Å². The Kier molecular flexibility index (Phi) is 5.00. The molecular weight excluding hydrogens is 326 g/mol. The van der Waals surface area contributed by atoms with Crippen molar-refractivity contribution in [2.24, 2.45) is 0 Å². The Hall–Kier alpha value is -2.41. The summed E-state index contributed by atoms with van der Waals surface area (Å²) >= 11 is 0. The van der Waals surface area contributed by atoms with Crippen LogP contribution < -0.4 is 21.7 Å². The van der Waals surface area contributed by atoms with Crippen molar-refractivity contribution in [3.63, 3.8) is 0 Å². The molecule has 0 spiro atoms. The molecule has 7 nitrogen and oxygen atoms in total. The van der Waals surface area contributed by atoms with E-state index in [2.05, 4.69) is 58.6 Å². The molecule has 7 heteroatoms. The molecule has 26 heavy (non-hydrogen) atoms. The molecule has 0 radical (unpaired) electrons. The predicted octanol–water partition coefficient (Wildman–Crippen LogP) is 2.79. The minimum absolute atomic E-state index is 0.0581. The molecule has 1 saturated heterocycles. The average molecular weight is 355 g/mol. The van der Waals surface area contributed by atoms with E-state index in [9.17, 15) is 0 Å². The number of pyridine rings is 1. The third kappa shape index (κ3) is 4.60. The summed E-state index contributed by atoms with van der Waals surface area (Å²) in [5.41, 5.74) is 8.05. The highest BCUT2D eigenvalue weighted by Crippen LogP contribution is 2.32. The van der Waals surface area contributed by atoms with E-state index in [1.54, 1.807) is 12.5 Å². The predicted molar refractivity (Wildman–Crippen MR) is 106 cm³/mol. The van der Waals surface area contributed by atoms with Crippen LogP contribution in [0.15, 0.2) is 30.9 Å². The van der Waals surface area contributed by atoms with Gasteiger partial charge in [0.05, 0.1) is 0 Å². The van der Waals surface area contributed by atoms with Crippen molar-refractivity contribution in [1.29, 1.82) is 0 Å². The Morgan fingerprint density at radius 2 is 1.85 bits per heavy atom. The summed E-state index contributed by atoms with van der Waals surface area (Å²) in [4.78, 5) is 12.8. The summed E-state index contributed by atoms with van der Waals surface area (Å²) < 4.78 is 0. The minimum atomic E-state index is 0.0581. The van der Waals surface area contributed by atoms with Crippen molar-refractivity contribution in [2.45, 2.75) is 64.2 Å². The molecule has 0 aromatic carbocycles. The smallest absolute Gasteiger partial charge is 0.155 e. The number of piperidine rings is 1. The standard InChI is InChI=1S/C19H29N7/c1-18(2)8-14(9-19(3,4)26-18)25-17-15(20)16(23-12-24-17)22-11-13-6-5-7-21-10-13/h5-7,10,12,14,26H,8-9,11,20H2,1-4H3,(H2,22,23,24,25). The van der Waals surface area contributed by atoms with Crippen molar-refractivity contribution >= 4 is 17.3 Å². The molecule has 3 heterocycles. The maximum Gasteiger partial charge on any atom is 0.155 e. The lowest BCUT2D eigenvalue weighted by atomic mass is 9.79. The fourth-order valence-electron chi connectivity index (χ4n) is 3.96. The Bertz CT molecular complexity index is 727. The maximum atomic E-state index is 6.32. The van der Waals surface area contributed by atoms with Gasteiger partial charge in [0.2, 0.25) is 0 Å². The normalized spacial score (nSPS) is 19.1. The molecular formula is C19H29N7. The first-order valence-corrected chi connectivity index (χ1v) is 9.03. The number of anilines is 3. The Morgan fingerprint density at radius 1 is 1.15 bits per heavy atom. The van der Waals surface area contributed by atoms with Gasteiger partial charge in [0.1, 0.15) is 12.0 Å². The molecule has 0 bridgehead atoms. The molecule has 0 aliphatic carbocycles. The van der Waals surface area contributed by atoms with Crippen LogP contribution in [0, 0.1) is 0 Å². The third-order valence-corrected chi connectivity index (χ3v) is 4.60. The van der Waals surface area contributed by atoms with Gasteiger partial charge in [0, 0.05) is 36.1 Å². The topological polar surface area (TPSA) is 101 Å². The van der Waals surface area contributed by atoms with Crippen molar-refractivity contribution in [3.05, 3.63) is 36.4 Å². The SMILES string of the molecule is CC1(C)CC(Nc2ncnc(NCc3cccnc3)c2N)CC(C)(C)N1. The number of aromatic nitrogens is 3. The van der Waals surface area contributed by atoms with E-state index in [1.807, 2.05) is 18.3 Å². The van der Waals surface area contributed by atoms with Crippen LogP contribution in [0.4, 0.5) is 17.3 Å². The quantitative estimate of drug-likeness (QED) is 0.654. The maximum absolute atomic E-state index is 6.32. The number of rotatable bonds is 5. The number of nitrogens with zero attached hydrogens (tertiary/aromatic N) is 3. The van der Waals surface area contributed by atoms with Crippen LogP contribution in [0.3, 0.4) is 0 Å². The second-order valence-corrected chi connectivity index (χ2v) is 8.34. The highest BCUT2D eigenvalue weighted by atomic mass is 15.1. The molecule has 2 aromatic heterocycles. The van der Waals surface area contributed by atoms with E-state index in [0.29, 0.717) is 29.9 Å². The van der Waals surface area contributed by atoms with Gasteiger partial charge >= 0.3 is 0 Å². The summed E-state index contributed by atoms with van der Waals surface area (Å²) in [5.74, 6) is 1.32. The van der Waals surface area contributed by atoms with Crippen LogP contribution in [-0.4, -0.2) is 32.1 Å². The van der Waals surface area contributed by atoms with Gasteiger partial charge in [-0.2, -0.15) is 0 Å². The van der Waals surface area contributed by atoms with Crippen LogP contribution >= 0.6 is 0 Å². The monoisotopic (exact) mass is 355 g/mol. The van der Waals surface area contributed by atoms with Gasteiger partial charge in [-0.25, -0.2) is 9.97 Å². The average Bonchev–Trinajstić information content (AvgIpc) is 2.54. The molecule has 5 N–H and O–H groups in total. The van der Waals surface area contributed by atoms with E-state index < -0.39 is 0 Å². The fraction of sp³-hybridized carbons (Fsp3) is 0.526. The number of hydrogen-bond acceptors (Lipinski definition) is 7. The minimum Gasteiger partial charge on any atom is -0.393 e. The van der Waals surface area contributed by atoms with Crippen LogP contribution in [0.1, 0.15) is 46.1 Å². The summed E-state index contributed by atoms with van der Waals surface area (Å²) in [5, 5.41) is 10.5. The Morgan fingerprint density at radius 3 is 2.50 bits per heavy atom. The van der Waals surface area contributed by atoms with Crippen LogP contribution in [0.2, 0.25) is 0 Å². The molecule has 0 atom stereocenters. The van der Waals surface area contributed by atoms with Crippen molar-refractivity contribution in [3.8, 4) is 0 Å². The highest BCUT2D eigenvalue weighted by molar-refractivity contribution is 5.74. The van der Waals surface area contributed by atoms with Crippen LogP contribution in [0.25, 0.3) is 0 Å². The molecule has 1 aliphatic heterocycles. The Labute approximate surface area is 155 Å². The van der Waals surface area contributed by atoms with E-state index in [0.717, 1.165) is 18.4 Å². The lowest BCUT2D eigenvalue weighted by molar-refractivity contribution is 0.170. The summed E-state index contributed by atoms with van der Waals surface area (Å²) in [7, 11) is 0. The second-order valence-electron chi connectivity index (χ2n) is 8.34. The van der Waals surface area contributed by atoms with E-state index in [4.69, 9.17) is 5.73 Å². The number of nitrogen functional groups attached to an aromatic ring is 1. The van der Waals surface area contributed by atoms with Crippen molar-refractivity contribution < 1.29 is 0 Å². The highest BCUT2D eigenvalue weighted by Gasteiger charge is 2.37. The van der Waals surface area contributed by atoms with Gasteiger partial charge < -0.3 is 21.7 Å². The fourth-order valence-corrected chi connectivity index (χ4v) is 3.96. The molecule has 0 unspecified atom stereocenters. The van der Waals surface area contributed by atoms with Crippen molar-refractivity contribution in [1.82, 2.24) is 20.3 Å². The van der Waals surface area contributed by atoms with Gasteiger partial charge in [-0.3, -0.25) is 4.98 Å². The second kappa shape index (κ2) is 7.07. The molecule has 0 amide bonds. The summed E-state index contributed by atoms with van der Waals surface area (Å²) in [6, 6.07) is 4.22. The number of nitrogens with one attached hydrogen (secondary N) is 3. The Balaban J connectivity index is 1.71. The third-order valence-electron chi connectivity index (χ3n) is 4.60. The molecule has 2 aromatic rings. The lowest BCUT2D eigenvalue weighted by Gasteiger charge is -2.46. The van der Waals surface area contributed by atoms with E-state index in [1.165, 1.54) is 0 Å². The van der Waals surface area contributed by atoms with E-state index >= 15 is 0 Å². The first-order chi connectivity index (χ1) is 12.2. The molecule has 1 fully saturated rings. The largest absolute Gasteiger partial charge is 0.393 e. The lowest BCUT2D eigenvalue weighted by Crippen LogP contribution is -2.60. The first kappa shape index (κ1) is 18.4. The molecule has 3 rings (SSSR count). The first-order valence-electron chi connectivity index (χ1n) is 9.03. The van der Waals surface area contributed by atoms with Gasteiger partial charge in [0.25, 0.3) is 0 Å². The van der Waals surface area contributed by atoms with Gasteiger partial charge in [-0.1, -0.05) is 6.07 Å². The molecule has 0 saturated carbocycles. The number of hydrogen-bond donors (Lipinski definition) is 4. The van der Waals surface area contributed by atoms with Gasteiger partial charge in [-0.05, 0) is 52.2 Å². The molecule has 1 aliphatic rings. The summed E-state index contributed by atoms with van der Waals surface area (Å²) in [6.07, 6.45) is 7.12. The molecule has 140 valence electrons. The van der Waals surface area contributed by atoms with Crippen LogP contribution in [-0.2, 0) is 6.54 Å². The summed E-state index contributed by atoms with van der Waals surface area (Å²) in [6.45, 7) is 9.53. The zero-order valence-electron chi connectivity index (χ0n) is 16.0. The van der Waals surface area contributed by atoms with Gasteiger partial charge in [-0.15, -0.1) is 0 Å². The van der Waals surface area contributed by atoms with Gasteiger partial charge in [0.15, 0.2) is 11.6 Å².